The number of methoxy groups -OCH3 is 2. The fourth-order valence-corrected chi connectivity index (χ4v) is 8.49. The zero-order chi connectivity index (χ0) is 39.1. The fourth-order valence-electron chi connectivity index (χ4n) is 8.49. The van der Waals surface area contributed by atoms with Crippen LogP contribution in [0.25, 0.3) is 0 Å². The standard InChI is InChI=1S/C43H49N3O9/c1-5-7-18-35(48)44-32(27-52-3)38(29-16-12-9-13-17-29)54-42(51)36-34-23-24-43(55-34)37(36)40(49)46(33(26-47)28-14-10-8-11-15-28)39(43)41(50)45(25-6-2)30-19-21-31(53-4)22-20-30/h5-6,8-17,19-22,32-34,36-39,47H,1-2,7,18,23-27H2,3-4H3,(H,44,48)/t32-,33+,34-,36+,37+,38-,39-,43+/m0/s1. The van der Waals surface area contributed by atoms with Gasteiger partial charge < -0.3 is 39.2 Å². The summed E-state index contributed by atoms with van der Waals surface area (Å²) in [5, 5.41) is 13.9. The number of likely N-dealkylation sites (tertiary alicyclic amines) is 1. The Bertz CT molecular complexity index is 1840. The average molecular weight is 752 g/mol. The molecule has 0 unspecified atom stereocenters. The fraction of sp³-hybridized carbons (Fsp3) is 0.395. The molecule has 0 radical (unpaired) electrons. The number of carbonyl (C=O) groups is 4. The van der Waals surface area contributed by atoms with Gasteiger partial charge in [0, 0.05) is 25.8 Å². The molecule has 3 aliphatic heterocycles. The van der Waals surface area contributed by atoms with E-state index in [4.69, 9.17) is 18.9 Å². The van der Waals surface area contributed by atoms with Gasteiger partial charge in [-0.1, -0.05) is 72.8 Å². The lowest BCUT2D eigenvalue weighted by atomic mass is 9.70. The molecule has 12 heteroatoms. The number of nitrogens with one attached hydrogen (secondary N) is 1. The Balaban J connectivity index is 1.40. The third-order valence-electron chi connectivity index (χ3n) is 10.9. The highest BCUT2D eigenvalue weighted by atomic mass is 16.6. The van der Waals surface area contributed by atoms with Crippen LogP contribution in [0.5, 0.6) is 5.75 Å². The molecule has 8 atom stereocenters. The molecule has 290 valence electrons. The molecule has 3 aromatic carbocycles. The molecule has 55 heavy (non-hydrogen) atoms. The summed E-state index contributed by atoms with van der Waals surface area (Å²) in [7, 11) is 3.05. The molecule has 3 saturated heterocycles. The van der Waals surface area contributed by atoms with Gasteiger partial charge in [0.2, 0.25) is 11.8 Å². The van der Waals surface area contributed by atoms with Gasteiger partial charge in [0.1, 0.15) is 23.5 Å². The van der Waals surface area contributed by atoms with Crippen LogP contribution < -0.4 is 15.0 Å². The number of nitrogens with zero attached hydrogens (tertiary/aromatic N) is 2. The van der Waals surface area contributed by atoms with Crippen LogP contribution in [-0.2, 0) is 33.4 Å². The summed E-state index contributed by atoms with van der Waals surface area (Å²) >= 11 is 0. The first-order valence-electron chi connectivity index (χ1n) is 18.6. The van der Waals surface area contributed by atoms with Crippen LogP contribution in [-0.4, -0.2) is 91.5 Å². The van der Waals surface area contributed by atoms with E-state index in [2.05, 4.69) is 18.5 Å². The minimum atomic E-state index is -1.40. The van der Waals surface area contributed by atoms with E-state index in [1.807, 2.05) is 12.1 Å². The molecule has 2 N–H and O–H groups in total. The summed E-state index contributed by atoms with van der Waals surface area (Å²) in [6.45, 7) is 7.26. The summed E-state index contributed by atoms with van der Waals surface area (Å²) in [6, 6.07) is 22.1. The van der Waals surface area contributed by atoms with Crippen LogP contribution in [0.15, 0.2) is 110 Å². The highest BCUT2D eigenvalue weighted by Crippen LogP contribution is 2.60. The summed E-state index contributed by atoms with van der Waals surface area (Å²) in [5.74, 6) is -3.43. The Kier molecular flexibility index (Phi) is 12.5. The Morgan fingerprint density at radius 2 is 1.67 bits per heavy atom. The van der Waals surface area contributed by atoms with Crippen molar-refractivity contribution in [1.29, 1.82) is 0 Å². The van der Waals surface area contributed by atoms with Crippen molar-refractivity contribution in [3.8, 4) is 5.75 Å². The minimum Gasteiger partial charge on any atom is -0.497 e. The van der Waals surface area contributed by atoms with Crippen molar-refractivity contribution in [3.63, 3.8) is 0 Å². The number of aliphatic hydroxyl groups is 1. The zero-order valence-corrected chi connectivity index (χ0v) is 31.3. The van der Waals surface area contributed by atoms with Gasteiger partial charge in [-0.05, 0) is 54.7 Å². The van der Waals surface area contributed by atoms with Gasteiger partial charge in [-0.3, -0.25) is 19.2 Å². The number of hydrogen-bond acceptors (Lipinski definition) is 9. The maximum atomic E-state index is 15.1. The number of hydrogen-bond donors (Lipinski definition) is 2. The van der Waals surface area contributed by atoms with E-state index >= 15 is 9.59 Å². The Labute approximate surface area is 321 Å². The molecule has 3 aliphatic rings. The average Bonchev–Trinajstić information content (AvgIpc) is 3.86. The van der Waals surface area contributed by atoms with Crippen LogP contribution >= 0.6 is 0 Å². The Morgan fingerprint density at radius 3 is 2.27 bits per heavy atom. The van der Waals surface area contributed by atoms with E-state index in [0.717, 1.165) is 0 Å². The molecule has 3 heterocycles. The van der Waals surface area contributed by atoms with E-state index < -0.39 is 72.2 Å². The van der Waals surface area contributed by atoms with Crippen molar-refractivity contribution in [2.24, 2.45) is 11.8 Å². The van der Waals surface area contributed by atoms with Crippen LogP contribution in [0.2, 0.25) is 0 Å². The van der Waals surface area contributed by atoms with Crippen LogP contribution in [0.1, 0.15) is 49.0 Å². The Morgan fingerprint density at radius 1 is 1.00 bits per heavy atom. The number of amides is 3. The molecule has 3 aromatic rings. The Hall–Kier alpha value is -5.30. The van der Waals surface area contributed by atoms with E-state index in [1.54, 1.807) is 92.1 Å². The number of esters is 1. The number of ether oxygens (including phenoxy) is 4. The lowest BCUT2D eigenvalue weighted by Crippen LogP contribution is -2.57. The first kappa shape index (κ1) is 39.4. The van der Waals surface area contributed by atoms with Crippen LogP contribution in [0, 0.1) is 11.8 Å². The molecule has 0 aromatic heterocycles. The lowest BCUT2D eigenvalue weighted by Gasteiger charge is -2.39. The van der Waals surface area contributed by atoms with Gasteiger partial charge in [0.05, 0.1) is 50.3 Å². The summed E-state index contributed by atoms with van der Waals surface area (Å²) < 4.78 is 23.9. The molecule has 0 aliphatic carbocycles. The maximum absolute atomic E-state index is 15.1. The van der Waals surface area contributed by atoms with E-state index in [-0.39, 0.29) is 25.5 Å². The van der Waals surface area contributed by atoms with Crippen LogP contribution in [0.3, 0.4) is 0 Å². The zero-order valence-electron chi connectivity index (χ0n) is 31.3. The predicted octanol–water partition coefficient (Wildman–Crippen LogP) is 4.70. The quantitative estimate of drug-likeness (QED) is 0.140. The number of aliphatic hydroxyl groups excluding tert-OH is 1. The second kappa shape index (κ2) is 17.4. The first-order valence-corrected chi connectivity index (χ1v) is 18.6. The third-order valence-corrected chi connectivity index (χ3v) is 10.9. The number of anilines is 1. The van der Waals surface area contributed by atoms with Crippen molar-refractivity contribution < 1.29 is 43.2 Å². The molecule has 3 fully saturated rings. The van der Waals surface area contributed by atoms with E-state index in [9.17, 15) is 14.7 Å². The molecular formula is C43H49N3O9. The van der Waals surface area contributed by atoms with Crippen LogP contribution in [0.4, 0.5) is 5.69 Å². The highest BCUT2D eigenvalue weighted by molar-refractivity contribution is 6.05. The lowest BCUT2D eigenvalue weighted by molar-refractivity contribution is -0.163. The highest BCUT2D eigenvalue weighted by Gasteiger charge is 2.76. The first-order chi connectivity index (χ1) is 26.7. The van der Waals surface area contributed by atoms with Gasteiger partial charge in [-0.2, -0.15) is 0 Å². The van der Waals surface area contributed by atoms with Gasteiger partial charge in [0.25, 0.3) is 5.91 Å². The molecule has 3 amide bonds. The van der Waals surface area contributed by atoms with Gasteiger partial charge >= 0.3 is 5.97 Å². The van der Waals surface area contributed by atoms with Gasteiger partial charge in [-0.25, -0.2) is 0 Å². The number of benzene rings is 3. The van der Waals surface area contributed by atoms with E-state index in [1.165, 1.54) is 16.9 Å². The van der Waals surface area contributed by atoms with Crippen molar-refractivity contribution >= 4 is 29.4 Å². The summed E-state index contributed by atoms with van der Waals surface area (Å²) in [5.41, 5.74) is 0.396. The topological polar surface area (TPSA) is 144 Å². The van der Waals surface area contributed by atoms with Crippen molar-refractivity contribution in [1.82, 2.24) is 10.2 Å². The summed E-state index contributed by atoms with van der Waals surface area (Å²) in [6.07, 6.45) is 2.94. The number of fused-ring (bicyclic) bond motifs is 1. The number of allylic oxidation sites excluding steroid dienone is 1. The molecule has 1 spiro atoms. The second-order valence-corrected chi connectivity index (χ2v) is 14.1. The molecule has 6 rings (SSSR count). The monoisotopic (exact) mass is 751 g/mol. The molecule has 12 nitrogen and oxygen atoms in total. The number of carbonyl (C=O) groups excluding carboxylic acids is 4. The van der Waals surface area contributed by atoms with Crippen molar-refractivity contribution in [3.05, 3.63) is 121 Å². The normalized spacial score (nSPS) is 24.0. The largest absolute Gasteiger partial charge is 0.497 e. The van der Waals surface area contributed by atoms with E-state index in [0.29, 0.717) is 41.8 Å². The maximum Gasteiger partial charge on any atom is 0.313 e. The van der Waals surface area contributed by atoms with Gasteiger partial charge in [0.15, 0.2) is 0 Å². The third kappa shape index (κ3) is 7.67. The minimum absolute atomic E-state index is 0.0354. The molecule has 2 bridgehead atoms. The molecule has 0 saturated carbocycles. The predicted molar refractivity (Wildman–Crippen MR) is 205 cm³/mol. The number of rotatable bonds is 18. The van der Waals surface area contributed by atoms with Crippen molar-refractivity contribution in [2.75, 3.05) is 38.9 Å². The van der Waals surface area contributed by atoms with Crippen molar-refractivity contribution in [2.45, 2.75) is 61.6 Å². The smallest absolute Gasteiger partial charge is 0.313 e. The second-order valence-electron chi connectivity index (χ2n) is 14.1. The van der Waals surface area contributed by atoms with Gasteiger partial charge in [-0.15, -0.1) is 13.2 Å². The SMILES string of the molecule is C=CCCC(=O)N[C@@H](COC)[C@@H](OC(=O)[C@@H]1[C@@H]2CC[C@]3(O2)[C@H](C(=O)N(CC=C)c2ccc(OC)cc2)N([C@H](CO)c2ccccc2)C(=O)[C@@H]13)c1ccccc1. The summed E-state index contributed by atoms with van der Waals surface area (Å²) in [4.78, 5) is 60.7. The molecular weight excluding hydrogens is 702 g/mol.